The lowest BCUT2D eigenvalue weighted by Gasteiger charge is -2.07. The molecule has 1 N–H and O–H groups in total. The van der Waals surface area contributed by atoms with E-state index >= 15 is 0 Å². The van der Waals surface area contributed by atoms with Crippen molar-refractivity contribution in [1.82, 2.24) is 0 Å². The zero-order chi connectivity index (χ0) is 9.07. The van der Waals surface area contributed by atoms with Gasteiger partial charge >= 0.3 is 5.97 Å². The quantitative estimate of drug-likeness (QED) is 0.541. The maximum absolute atomic E-state index is 10.7. The van der Waals surface area contributed by atoms with E-state index in [9.17, 15) is 13.2 Å². The molecule has 5 nitrogen and oxygen atoms in total. The van der Waals surface area contributed by atoms with Gasteiger partial charge in [0.1, 0.15) is 0 Å². The Morgan fingerprint density at radius 3 is 2.18 bits per heavy atom. The van der Waals surface area contributed by atoms with Crippen molar-refractivity contribution in [2.24, 2.45) is 0 Å². The van der Waals surface area contributed by atoms with Gasteiger partial charge in [-0.25, -0.2) is 8.42 Å². The Morgan fingerprint density at radius 1 is 1.64 bits per heavy atom. The van der Waals surface area contributed by atoms with Crippen molar-refractivity contribution < 1.29 is 23.1 Å². The third kappa shape index (κ3) is 2.85. The number of ether oxygens (including phenoxy) is 1. The number of methoxy groups -OCH3 is 1. The molecule has 0 aromatic rings. The summed E-state index contributed by atoms with van der Waals surface area (Å²) in [5.74, 6) is -0.935. The fourth-order valence-electron chi connectivity index (χ4n) is 0.516. The zero-order valence-corrected chi connectivity index (χ0v) is 7.09. The minimum Gasteiger partial charge on any atom is -0.468 e. The van der Waals surface area contributed by atoms with Gasteiger partial charge in [0.15, 0.2) is 15.1 Å². The second-order valence-electron chi connectivity index (χ2n) is 2.02. The predicted molar refractivity (Wildman–Crippen MR) is 37.7 cm³/mol. The molecular weight excluding hydrogens is 172 g/mol. The maximum Gasteiger partial charge on any atom is 0.326 e. The molecule has 0 saturated carbocycles. The molecule has 0 spiro atoms. The molecule has 0 aliphatic rings. The number of carbonyl (C=O) groups excluding carboxylic acids is 1. The van der Waals surface area contributed by atoms with Crippen LogP contribution in [0.1, 0.15) is 0 Å². The van der Waals surface area contributed by atoms with E-state index in [4.69, 9.17) is 5.11 Å². The minimum atomic E-state index is -3.55. The van der Waals surface area contributed by atoms with Crippen molar-refractivity contribution in [3.05, 3.63) is 0 Å². The van der Waals surface area contributed by atoms with Gasteiger partial charge in [-0.05, 0) is 0 Å². The molecule has 0 aliphatic heterocycles. The normalized spacial score (nSPS) is 14.1. The van der Waals surface area contributed by atoms with Crippen LogP contribution in [0, 0.1) is 0 Å². The number of sulfone groups is 1. The van der Waals surface area contributed by atoms with Crippen molar-refractivity contribution in [2.75, 3.05) is 20.0 Å². The van der Waals surface area contributed by atoms with Crippen LogP contribution in [0.15, 0.2) is 0 Å². The first-order valence-electron chi connectivity index (χ1n) is 2.81. The molecule has 0 amide bonds. The second kappa shape index (κ2) is 3.68. The van der Waals surface area contributed by atoms with Crippen LogP contribution in [-0.4, -0.2) is 44.7 Å². The fourth-order valence-corrected chi connectivity index (χ4v) is 1.23. The largest absolute Gasteiger partial charge is 0.468 e. The molecule has 0 aromatic heterocycles. The first-order chi connectivity index (χ1) is 4.93. The van der Waals surface area contributed by atoms with Crippen LogP contribution in [0.3, 0.4) is 0 Å². The average Bonchev–Trinajstić information content (AvgIpc) is 1.86. The topological polar surface area (TPSA) is 80.7 Å². The highest BCUT2D eigenvalue weighted by Crippen LogP contribution is 1.99. The van der Waals surface area contributed by atoms with Crippen LogP contribution in [0.4, 0.5) is 0 Å². The standard InChI is InChI=1S/C5H10O5S/c1-10-5(7)4(3-6)11(2,8)9/h4,6H,3H2,1-2H3/t4-/m0/s1. The molecule has 6 heteroatoms. The number of aliphatic hydroxyl groups excluding tert-OH is 1. The minimum absolute atomic E-state index is 0.745. The van der Waals surface area contributed by atoms with Crippen LogP contribution >= 0.6 is 0 Å². The highest BCUT2D eigenvalue weighted by atomic mass is 32.2. The molecule has 0 rings (SSSR count). The van der Waals surface area contributed by atoms with Gasteiger partial charge in [0, 0.05) is 6.26 Å². The van der Waals surface area contributed by atoms with Gasteiger partial charge in [0.2, 0.25) is 0 Å². The van der Waals surface area contributed by atoms with Crippen molar-refractivity contribution in [1.29, 1.82) is 0 Å². The zero-order valence-electron chi connectivity index (χ0n) is 6.27. The summed E-state index contributed by atoms with van der Waals surface area (Å²) < 4.78 is 25.6. The molecule has 0 aliphatic carbocycles. The molecule has 0 saturated heterocycles. The highest BCUT2D eigenvalue weighted by Gasteiger charge is 2.28. The van der Waals surface area contributed by atoms with Crippen LogP contribution in [-0.2, 0) is 19.4 Å². The van der Waals surface area contributed by atoms with E-state index < -0.39 is 27.7 Å². The van der Waals surface area contributed by atoms with Crippen molar-refractivity contribution >= 4 is 15.8 Å². The summed E-state index contributed by atoms with van der Waals surface area (Å²) in [6.45, 7) is -0.745. The molecule has 0 unspecified atom stereocenters. The summed E-state index contributed by atoms with van der Waals surface area (Å²) in [4.78, 5) is 10.6. The van der Waals surface area contributed by atoms with Gasteiger partial charge in [-0.3, -0.25) is 4.79 Å². The van der Waals surface area contributed by atoms with Gasteiger partial charge in [-0.15, -0.1) is 0 Å². The van der Waals surface area contributed by atoms with E-state index in [1.54, 1.807) is 0 Å². The number of carbonyl (C=O) groups is 1. The van der Waals surface area contributed by atoms with Crippen LogP contribution < -0.4 is 0 Å². The Hall–Kier alpha value is -0.620. The number of rotatable bonds is 3. The summed E-state index contributed by atoms with van der Waals surface area (Å²) in [5.41, 5.74) is 0. The molecule has 66 valence electrons. The van der Waals surface area contributed by atoms with E-state index in [0.29, 0.717) is 0 Å². The molecule has 1 atom stereocenters. The first-order valence-corrected chi connectivity index (χ1v) is 4.76. The van der Waals surface area contributed by atoms with E-state index in [-0.39, 0.29) is 0 Å². The van der Waals surface area contributed by atoms with E-state index in [2.05, 4.69) is 4.74 Å². The Bertz CT molecular complexity index is 229. The molecule has 0 heterocycles. The summed E-state index contributed by atoms with van der Waals surface area (Å²) in [5, 5.41) is 7.03. The SMILES string of the molecule is COC(=O)[C@H](CO)S(C)(=O)=O. The first kappa shape index (κ1) is 10.4. The van der Waals surface area contributed by atoms with Gasteiger partial charge in [0.25, 0.3) is 0 Å². The lowest BCUT2D eigenvalue weighted by molar-refractivity contribution is -0.140. The van der Waals surface area contributed by atoms with Gasteiger partial charge in [-0.2, -0.15) is 0 Å². The second-order valence-corrected chi connectivity index (χ2v) is 4.25. The van der Waals surface area contributed by atoms with Crippen LogP contribution in [0.5, 0.6) is 0 Å². The van der Waals surface area contributed by atoms with Gasteiger partial charge in [-0.1, -0.05) is 0 Å². The third-order valence-electron chi connectivity index (χ3n) is 1.15. The molecule has 0 fully saturated rings. The summed E-state index contributed by atoms with van der Waals surface area (Å²) in [7, 11) is -2.49. The summed E-state index contributed by atoms with van der Waals surface area (Å²) in [6.07, 6.45) is 0.866. The van der Waals surface area contributed by atoms with E-state index in [1.165, 1.54) is 0 Å². The molecule has 0 radical (unpaired) electrons. The third-order valence-corrected chi connectivity index (χ3v) is 2.52. The smallest absolute Gasteiger partial charge is 0.326 e. The lowest BCUT2D eigenvalue weighted by atomic mass is 10.5. The molecular formula is C5H10O5S. The number of hydrogen-bond acceptors (Lipinski definition) is 5. The fraction of sp³-hybridized carbons (Fsp3) is 0.800. The number of esters is 1. The molecule has 0 bridgehead atoms. The van der Waals surface area contributed by atoms with Crippen LogP contribution in [0.25, 0.3) is 0 Å². The van der Waals surface area contributed by atoms with Crippen molar-refractivity contribution in [2.45, 2.75) is 5.25 Å². The molecule has 11 heavy (non-hydrogen) atoms. The van der Waals surface area contributed by atoms with E-state index in [0.717, 1.165) is 13.4 Å². The van der Waals surface area contributed by atoms with E-state index in [1.807, 2.05) is 0 Å². The van der Waals surface area contributed by atoms with Crippen LogP contribution in [0.2, 0.25) is 0 Å². The summed E-state index contributed by atoms with van der Waals surface area (Å²) >= 11 is 0. The molecule has 0 aromatic carbocycles. The van der Waals surface area contributed by atoms with Gasteiger partial charge < -0.3 is 9.84 Å². The highest BCUT2D eigenvalue weighted by molar-refractivity contribution is 7.92. The Kier molecular flexibility index (Phi) is 3.47. The average molecular weight is 182 g/mol. The maximum atomic E-state index is 10.7. The number of aliphatic hydroxyl groups is 1. The van der Waals surface area contributed by atoms with Crippen molar-refractivity contribution in [3.8, 4) is 0 Å². The van der Waals surface area contributed by atoms with Crippen molar-refractivity contribution in [3.63, 3.8) is 0 Å². The summed E-state index contributed by atoms with van der Waals surface area (Å²) in [6, 6.07) is 0. The number of hydrogen-bond donors (Lipinski definition) is 1. The predicted octanol–water partition coefficient (Wildman–Crippen LogP) is -1.44. The lowest BCUT2D eigenvalue weighted by Crippen LogP contribution is -2.33. The Balaban J connectivity index is 4.56. The Morgan fingerprint density at radius 2 is 2.09 bits per heavy atom. The monoisotopic (exact) mass is 182 g/mol. The van der Waals surface area contributed by atoms with Gasteiger partial charge in [0.05, 0.1) is 13.7 Å². The Labute approximate surface area is 64.9 Å².